The molecule has 0 atom stereocenters. The third-order valence-corrected chi connectivity index (χ3v) is 3.17. The van der Waals surface area contributed by atoms with Crippen LogP contribution in [-0.2, 0) is 6.54 Å². The summed E-state index contributed by atoms with van der Waals surface area (Å²) >= 11 is 0. The third-order valence-electron chi connectivity index (χ3n) is 3.17. The first-order valence-electron chi connectivity index (χ1n) is 6.25. The van der Waals surface area contributed by atoms with Gasteiger partial charge in [-0.3, -0.25) is 0 Å². The summed E-state index contributed by atoms with van der Waals surface area (Å²) in [6, 6.07) is 9.70. The Hall–Kier alpha value is -1.57. The molecular formula is C14H18N2O2. The monoisotopic (exact) mass is 246 g/mol. The van der Waals surface area contributed by atoms with Crippen LogP contribution < -0.4 is 10.1 Å². The highest BCUT2D eigenvalue weighted by Crippen LogP contribution is 2.26. The number of nitrogens with one attached hydrogen (secondary N) is 1. The molecule has 0 saturated heterocycles. The van der Waals surface area contributed by atoms with Crippen molar-refractivity contribution in [1.29, 1.82) is 5.26 Å². The number of aliphatic hydroxyl groups is 1. The number of hydrogen-bond donors (Lipinski definition) is 2. The number of nitriles is 1. The molecule has 4 heteroatoms. The fraction of sp³-hybridized carbons (Fsp3) is 0.500. The molecule has 2 rings (SSSR count). The van der Waals surface area contributed by atoms with Crippen LogP contribution in [0.2, 0.25) is 0 Å². The Kier molecular flexibility index (Phi) is 4.57. The van der Waals surface area contributed by atoms with Crippen molar-refractivity contribution >= 4 is 0 Å². The lowest BCUT2D eigenvalue weighted by Gasteiger charge is -2.31. The fourth-order valence-electron chi connectivity index (χ4n) is 2.15. The van der Waals surface area contributed by atoms with Crippen LogP contribution in [0.3, 0.4) is 0 Å². The third kappa shape index (κ3) is 3.73. The largest absolute Gasteiger partial charge is 0.479 e. The molecule has 1 aliphatic carbocycles. The second-order valence-electron chi connectivity index (χ2n) is 4.72. The molecule has 0 aliphatic heterocycles. The van der Waals surface area contributed by atoms with Crippen LogP contribution in [0.5, 0.6) is 5.75 Å². The van der Waals surface area contributed by atoms with Crippen molar-refractivity contribution in [3.8, 4) is 11.8 Å². The van der Waals surface area contributed by atoms with Gasteiger partial charge in [-0.05, 0) is 43.0 Å². The molecule has 96 valence electrons. The molecule has 1 aromatic carbocycles. The zero-order valence-corrected chi connectivity index (χ0v) is 10.3. The maximum absolute atomic E-state index is 9.18. The Labute approximate surface area is 107 Å². The number of ether oxygens (including phenoxy) is 1. The highest BCUT2D eigenvalue weighted by atomic mass is 16.5. The SMILES string of the molecule is N#CCOc1cccc(CNCC2CC(O)C2)c1. The van der Waals surface area contributed by atoms with Crippen LogP contribution in [-0.4, -0.2) is 24.4 Å². The number of rotatable bonds is 6. The van der Waals surface area contributed by atoms with E-state index in [9.17, 15) is 5.11 Å². The highest BCUT2D eigenvalue weighted by molar-refractivity contribution is 5.28. The van der Waals surface area contributed by atoms with Crippen molar-refractivity contribution in [3.05, 3.63) is 29.8 Å². The van der Waals surface area contributed by atoms with E-state index in [0.717, 1.165) is 37.2 Å². The molecule has 1 aromatic rings. The van der Waals surface area contributed by atoms with Gasteiger partial charge in [-0.25, -0.2) is 0 Å². The van der Waals surface area contributed by atoms with Crippen LogP contribution in [0, 0.1) is 17.2 Å². The van der Waals surface area contributed by atoms with Crippen LogP contribution in [0.4, 0.5) is 0 Å². The maximum atomic E-state index is 9.18. The summed E-state index contributed by atoms with van der Waals surface area (Å²) in [6.07, 6.45) is 1.75. The van der Waals surface area contributed by atoms with E-state index >= 15 is 0 Å². The van der Waals surface area contributed by atoms with E-state index in [-0.39, 0.29) is 12.7 Å². The van der Waals surface area contributed by atoms with Crippen LogP contribution >= 0.6 is 0 Å². The first-order valence-corrected chi connectivity index (χ1v) is 6.25. The zero-order valence-electron chi connectivity index (χ0n) is 10.3. The summed E-state index contributed by atoms with van der Waals surface area (Å²) in [7, 11) is 0. The van der Waals surface area contributed by atoms with Crippen molar-refractivity contribution in [3.63, 3.8) is 0 Å². The second kappa shape index (κ2) is 6.39. The van der Waals surface area contributed by atoms with E-state index in [1.807, 2.05) is 30.3 Å². The van der Waals surface area contributed by atoms with Crippen molar-refractivity contribution in [2.45, 2.75) is 25.5 Å². The van der Waals surface area contributed by atoms with Crippen LogP contribution in [0.25, 0.3) is 0 Å². The first kappa shape index (κ1) is 12.9. The minimum atomic E-state index is -0.0838. The van der Waals surface area contributed by atoms with Gasteiger partial charge in [-0.2, -0.15) is 5.26 Å². The smallest absolute Gasteiger partial charge is 0.174 e. The van der Waals surface area contributed by atoms with Crippen molar-refractivity contribution < 1.29 is 9.84 Å². The van der Waals surface area contributed by atoms with Gasteiger partial charge in [-0.1, -0.05) is 12.1 Å². The number of hydrogen-bond acceptors (Lipinski definition) is 4. The Morgan fingerprint density at radius 3 is 3.00 bits per heavy atom. The molecule has 2 N–H and O–H groups in total. The number of aliphatic hydroxyl groups excluding tert-OH is 1. The van der Waals surface area contributed by atoms with Crippen molar-refractivity contribution in [1.82, 2.24) is 5.32 Å². The molecule has 0 radical (unpaired) electrons. The van der Waals surface area contributed by atoms with Crippen LogP contribution in [0.15, 0.2) is 24.3 Å². The predicted molar refractivity (Wildman–Crippen MR) is 68.0 cm³/mol. The summed E-state index contributed by atoms with van der Waals surface area (Å²) in [5.74, 6) is 1.34. The summed E-state index contributed by atoms with van der Waals surface area (Å²) in [6.45, 7) is 1.81. The van der Waals surface area contributed by atoms with E-state index in [1.165, 1.54) is 0 Å². The normalized spacial score (nSPS) is 22.0. The summed E-state index contributed by atoms with van der Waals surface area (Å²) in [4.78, 5) is 0. The van der Waals surface area contributed by atoms with Gasteiger partial charge in [0.1, 0.15) is 11.8 Å². The van der Waals surface area contributed by atoms with E-state index < -0.39 is 0 Å². The Bertz CT molecular complexity index is 422. The number of nitrogens with zero attached hydrogens (tertiary/aromatic N) is 1. The highest BCUT2D eigenvalue weighted by Gasteiger charge is 2.26. The van der Waals surface area contributed by atoms with Gasteiger partial charge in [0.15, 0.2) is 6.61 Å². The first-order chi connectivity index (χ1) is 8.78. The lowest BCUT2D eigenvalue weighted by molar-refractivity contribution is 0.0430. The Morgan fingerprint density at radius 2 is 2.28 bits per heavy atom. The van der Waals surface area contributed by atoms with E-state index in [4.69, 9.17) is 10.00 Å². The second-order valence-corrected chi connectivity index (χ2v) is 4.72. The van der Waals surface area contributed by atoms with Crippen molar-refractivity contribution in [2.24, 2.45) is 5.92 Å². The van der Waals surface area contributed by atoms with Gasteiger partial charge in [0.05, 0.1) is 6.10 Å². The summed E-state index contributed by atoms with van der Waals surface area (Å²) < 4.78 is 5.25. The topological polar surface area (TPSA) is 65.3 Å². The summed E-state index contributed by atoms with van der Waals surface area (Å²) in [5.41, 5.74) is 1.14. The van der Waals surface area contributed by atoms with Gasteiger partial charge in [-0.15, -0.1) is 0 Å². The quantitative estimate of drug-likeness (QED) is 0.797. The molecule has 1 saturated carbocycles. The average Bonchev–Trinajstić information content (AvgIpc) is 2.35. The molecule has 1 aliphatic rings. The molecule has 0 heterocycles. The molecule has 0 spiro atoms. The Morgan fingerprint density at radius 1 is 1.44 bits per heavy atom. The average molecular weight is 246 g/mol. The molecule has 18 heavy (non-hydrogen) atoms. The lowest BCUT2D eigenvalue weighted by atomic mass is 9.82. The molecule has 0 unspecified atom stereocenters. The van der Waals surface area contributed by atoms with Crippen LogP contribution in [0.1, 0.15) is 18.4 Å². The molecule has 0 bridgehead atoms. The molecular weight excluding hydrogens is 228 g/mol. The molecule has 0 aromatic heterocycles. The van der Waals surface area contributed by atoms with E-state index in [1.54, 1.807) is 0 Å². The maximum Gasteiger partial charge on any atom is 0.174 e. The van der Waals surface area contributed by atoms with Crippen molar-refractivity contribution in [2.75, 3.05) is 13.2 Å². The predicted octanol–water partition coefficient (Wildman–Crippen LogP) is 1.45. The molecule has 1 fully saturated rings. The van der Waals surface area contributed by atoms with E-state index in [2.05, 4.69) is 5.32 Å². The van der Waals surface area contributed by atoms with Gasteiger partial charge in [0.25, 0.3) is 0 Å². The standard InChI is InChI=1S/C14H18N2O2/c15-4-5-18-14-3-1-2-11(8-14)9-16-10-12-6-13(17)7-12/h1-3,8,12-13,16-17H,5-7,9-10H2. The molecule has 0 amide bonds. The minimum Gasteiger partial charge on any atom is -0.479 e. The molecule has 4 nitrogen and oxygen atoms in total. The van der Waals surface area contributed by atoms with Gasteiger partial charge >= 0.3 is 0 Å². The summed E-state index contributed by atoms with van der Waals surface area (Å²) in [5, 5.41) is 21.0. The number of benzene rings is 1. The van der Waals surface area contributed by atoms with Gasteiger partial charge in [0, 0.05) is 6.54 Å². The lowest BCUT2D eigenvalue weighted by Crippen LogP contribution is -2.35. The van der Waals surface area contributed by atoms with E-state index in [0.29, 0.717) is 5.92 Å². The minimum absolute atomic E-state index is 0.0802. The Balaban J connectivity index is 1.73. The zero-order chi connectivity index (χ0) is 12.8. The fourth-order valence-corrected chi connectivity index (χ4v) is 2.15. The van der Waals surface area contributed by atoms with Gasteiger partial charge in [0.2, 0.25) is 0 Å². The van der Waals surface area contributed by atoms with Gasteiger partial charge < -0.3 is 15.2 Å².